The minimum absolute atomic E-state index is 0.174. The number of carboxylic acid groups (broad SMARTS) is 2. The standard InChI is InChI=1S/C19H14O8/c1-11(19(25)27-15-9-5-3-7-13(15)18(23)24)10-16(20)26-14-8-4-2-6-12(14)17(21)22/h2-9H,1,10H2,(H,21,22)(H,23,24). The molecule has 138 valence electrons. The van der Waals surface area contributed by atoms with Gasteiger partial charge < -0.3 is 19.7 Å². The van der Waals surface area contributed by atoms with E-state index in [-0.39, 0.29) is 28.2 Å². The minimum Gasteiger partial charge on any atom is -0.478 e. The lowest BCUT2D eigenvalue weighted by Gasteiger charge is -2.10. The molecule has 2 aromatic rings. The van der Waals surface area contributed by atoms with Crippen molar-refractivity contribution in [2.45, 2.75) is 6.42 Å². The number of ether oxygens (including phenoxy) is 2. The molecular formula is C19H14O8. The van der Waals surface area contributed by atoms with E-state index >= 15 is 0 Å². The van der Waals surface area contributed by atoms with Crippen LogP contribution in [-0.2, 0) is 9.59 Å². The van der Waals surface area contributed by atoms with E-state index in [0.717, 1.165) is 0 Å². The van der Waals surface area contributed by atoms with E-state index in [2.05, 4.69) is 6.58 Å². The number of hydrogen-bond acceptors (Lipinski definition) is 6. The predicted molar refractivity (Wildman–Crippen MR) is 91.8 cm³/mol. The van der Waals surface area contributed by atoms with Gasteiger partial charge >= 0.3 is 23.9 Å². The van der Waals surface area contributed by atoms with Crippen LogP contribution in [0.15, 0.2) is 60.7 Å². The normalized spacial score (nSPS) is 9.93. The molecule has 0 saturated carbocycles. The van der Waals surface area contributed by atoms with Crippen LogP contribution in [0.3, 0.4) is 0 Å². The van der Waals surface area contributed by atoms with Gasteiger partial charge in [0.05, 0.1) is 6.42 Å². The summed E-state index contributed by atoms with van der Waals surface area (Å²) in [5.41, 5.74) is -0.723. The van der Waals surface area contributed by atoms with Crippen molar-refractivity contribution in [1.29, 1.82) is 0 Å². The van der Waals surface area contributed by atoms with Crippen LogP contribution in [0, 0.1) is 0 Å². The summed E-state index contributed by atoms with van der Waals surface area (Å²) in [6, 6.07) is 11.0. The molecule has 0 unspecified atom stereocenters. The molecule has 27 heavy (non-hydrogen) atoms. The van der Waals surface area contributed by atoms with Crippen molar-refractivity contribution >= 4 is 23.9 Å². The zero-order valence-corrected chi connectivity index (χ0v) is 13.9. The summed E-state index contributed by atoms with van der Waals surface area (Å²) in [5, 5.41) is 18.1. The first-order chi connectivity index (χ1) is 12.8. The highest BCUT2D eigenvalue weighted by atomic mass is 16.5. The van der Waals surface area contributed by atoms with Gasteiger partial charge in [0.25, 0.3) is 0 Å². The molecule has 0 fully saturated rings. The highest BCUT2D eigenvalue weighted by Gasteiger charge is 2.20. The van der Waals surface area contributed by atoms with E-state index in [1.807, 2.05) is 0 Å². The Morgan fingerprint density at radius 1 is 0.778 bits per heavy atom. The van der Waals surface area contributed by atoms with Crippen molar-refractivity contribution in [1.82, 2.24) is 0 Å². The van der Waals surface area contributed by atoms with E-state index in [1.54, 1.807) is 0 Å². The topological polar surface area (TPSA) is 127 Å². The lowest BCUT2D eigenvalue weighted by atomic mass is 10.2. The van der Waals surface area contributed by atoms with Crippen LogP contribution in [-0.4, -0.2) is 34.1 Å². The maximum Gasteiger partial charge on any atom is 0.339 e. The van der Waals surface area contributed by atoms with Crippen LogP contribution in [0.4, 0.5) is 0 Å². The van der Waals surface area contributed by atoms with Crippen LogP contribution in [0.2, 0.25) is 0 Å². The van der Waals surface area contributed by atoms with Crippen LogP contribution in [0.25, 0.3) is 0 Å². The number of carboxylic acids is 2. The largest absolute Gasteiger partial charge is 0.478 e. The smallest absolute Gasteiger partial charge is 0.339 e. The summed E-state index contributed by atoms with van der Waals surface area (Å²) in [6.45, 7) is 3.43. The average molecular weight is 370 g/mol. The Morgan fingerprint density at radius 2 is 1.22 bits per heavy atom. The molecule has 2 rings (SSSR count). The van der Waals surface area contributed by atoms with E-state index in [0.29, 0.717) is 0 Å². The minimum atomic E-state index is -1.28. The van der Waals surface area contributed by atoms with Crippen molar-refractivity contribution in [3.8, 4) is 11.5 Å². The van der Waals surface area contributed by atoms with Crippen molar-refractivity contribution in [2.24, 2.45) is 0 Å². The van der Waals surface area contributed by atoms with Gasteiger partial charge in [0, 0.05) is 5.57 Å². The third-order valence-corrected chi connectivity index (χ3v) is 3.31. The van der Waals surface area contributed by atoms with Gasteiger partial charge in [0.2, 0.25) is 0 Å². The third kappa shape index (κ3) is 5.02. The summed E-state index contributed by atoms with van der Waals surface area (Å²) in [7, 11) is 0. The van der Waals surface area contributed by atoms with Gasteiger partial charge in [0.1, 0.15) is 22.6 Å². The molecule has 0 bridgehead atoms. The Bertz CT molecular complexity index is 929. The Labute approximate surface area is 153 Å². The Morgan fingerprint density at radius 3 is 1.70 bits per heavy atom. The lowest BCUT2D eigenvalue weighted by Crippen LogP contribution is -2.18. The molecule has 0 heterocycles. The number of para-hydroxylation sites is 2. The van der Waals surface area contributed by atoms with Gasteiger partial charge in [-0.2, -0.15) is 0 Å². The van der Waals surface area contributed by atoms with Crippen LogP contribution in [0.5, 0.6) is 11.5 Å². The number of carbonyl (C=O) groups is 4. The van der Waals surface area contributed by atoms with E-state index in [9.17, 15) is 19.2 Å². The zero-order valence-electron chi connectivity index (χ0n) is 13.9. The first kappa shape index (κ1) is 19.4. The molecule has 0 atom stereocenters. The number of aromatic carboxylic acids is 2. The van der Waals surface area contributed by atoms with E-state index in [4.69, 9.17) is 19.7 Å². The van der Waals surface area contributed by atoms with Gasteiger partial charge in [-0.25, -0.2) is 14.4 Å². The highest BCUT2D eigenvalue weighted by Crippen LogP contribution is 2.21. The first-order valence-corrected chi connectivity index (χ1v) is 7.55. The molecule has 0 spiro atoms. The summed E-state index contributed by atoms with van der Waals surface area (Å²) in [4.78, 5) is 46.2. The van der Waals surface area contributed by atoms with E-state index < -0.39 is 30.3 Å². The molecule has 2 N–H and O–H groups in total. The molecular weight excluding hydrogens is 356 g/mol. The van der Waals surface area contributed by atoms with Crippen LogP contribution in [0.1, 0.15) is 27.1 Å². The predicted octanol–water partition coefficient (Wildman–Crippen LogP) is 2.54. The van der Waals surface area contributed by atoms with Crippen LogP contribution < -0.4 is 9.47 Å². The molecule has 0 saturated heterocycles. The Hall–Kier alpha value is -3.94. The third-order valence-electron chi connectivity index (χ3n) is 3.31. The molecule has 0 aliphatic heterocycles. The zero-order chi connectivity index (χ0) is 20.0. The summed E-state index contributed by atoms with van der Waals surface area (Å²) in [6.07, 6.45) is -0.567. The number of benzene rings is 2. The molecule has 0 aliphatic rings. The van der Waals surface area contributed by atoms with Crippen molar-refractivity contribution in [3.63, 3.8) is 0 Å². The van der Waals surface area contributed by atoms with Gasteiger partial charge in [-0.3, -0.25) is 4.79 Å². The highest BCUT2D eigenvalue weighted by molar-refractivity contribution is 5.98. The van der Waals surface area contributed by atoms with Gasteiger partial charge in [-0.15, -0.1) is 0 Å². The maximum atomic E-state index is 12.0. The fourth-order valence-electron chi connectivity index (χ4n) is 2.04. The van der Waals surface area contributed by atoms with Crippen molar-refractivity contribution < 1.29 is 38.9 Å². The Balaban J connectivity index is 2.03. The van der Waals surface area contributed by atoms with Gasteiger partial charge in [0.15, 0.2) is 0 Å². The molecule has 0 aromatic heterocycles. The van der Waals surface area contributed by atoms with Crippen molar-refractivity contribution in [2.75, 3.05) is 0 Å². The number of esters is 2. The summed E-state index contributed by atoms with van der Waals surface area (Å²) < 4.78 is 9.92. The Kier molecular flexibility index (Phi) is 6.06. The molecule has 0 aliphatic carbocycles. The molecule has 0 amide bonds. The fourth-order valence-corrected chi connectivity index (χ4v) is 2.04. The van der Waals surface area contributed by atoms with Gasteiger partial charge in [-0.05, 0) is 24.3 Å². The number of hydrogen-bond donors (Lipinski definition) is 2. The second kappa shape index (κ2) is 8.43. The van der Waals surface area contributed by atoms with Crippen LogP contribution >= 0.6 is 0 Å². The van der Waals surface area contributed by atoms with E-state index in [1.165, 1.54) is 48.5 Å². The summed E-state index contributed by atoms with van der Waals surface area (Å²) >= 11 is 0. The second-order valence-corrected chi connectivity index (χ2v) is 5.25. The quantitative estimate of drug-likeness (QED) is 0.432. The SMILES string of the molecule is C=C(CC(=O)Oc1ccccc1C(=O)O)C(=O)Oc1ccccc1C(=O)O. The molecule has 2 aromatic carbocycles. The fraction of sp³-hybridized carbons (Fsp3) is 0.0526. The van der Waals surface area contributed by atoms with Crippen molar-refractivity contribution in [3.05, 3.63) is 71.8 Å². The average Bonchev–Trinajstić information content (AvgIpc) is 2.62. The monoisotopic (exact) mass is 370 g/mol. The van der Waals surface area contributed by atoms with Gasteiger partial charge in [-0.1, -0.05) is 30.8 Å². The molecule has 8 nitrogen and oxygen atoms in total. The molecule has 0 radical (unpaired) electrons. The number of rotatable bonds is 7. The maximum absolute atomic E-state index is 12.0. The summed E-state index contributed by atoms with van der Waals surface area (Å²) in [5.74, 6) is -4.85. The number of carbonyl (C=O) groups excluding carboxylic acids is 2. The first-order valence-electron chi connectivity index (χ1n) is 7.55. The molecule has 8 heteroatoms. The second-order valence-electron chi connectivity index (χ2n) is 5.25. The lowest BCUT2D eigenvalue weighted by molar-refractivity contribution is -0.136.